The number of amides is 1. The minimum absolute atomic E-state index is 0.0277. The minimum Gasteiger partial charge on any atom is -0.267 e. The molecule has 3 nitrogen and oxygen atoms in total. The van der Waals surface area contributed by atoms with E-state index in [0.29, 0.717) is 5.92 Å². The van der Waals surface area contributed by atoms with Crippen molar-refractivity contribution in [1.82, 2.24) is 5.43 Å². The molecule has 1 aliphatic carbocycles. The van der Waals surface area contributed by atoms with Gasteiger partial charge in [0.1, 0.15) is 5.82 Å². The van der Waals surface area contributed by atoms with E-state index in [0.717, 1.165) is 25.0 Å². The van der Waals surface area contributed by atoms with E-state index < -0.39 is 11.7 Å². The first-order chi connectivity index (χ1) is 9.37. The second-order valence-electron chi connectivity index (χ2n) is 6.45. The maximum Gasteiger partial charge on any atom is 0.274 e. The highest BCUT2D eigenvalue weighted by Crippen LogP contribution is 2.36. The number of carbonyl (C=O) groups is 1. The quantitative estimate of drug-likeness (QED) is 0.821. The van der Waals surface area contributed by atoms with Crippen LogP contribution in [0.1, 0.15) is 50.4 Å². The molecule has 2 rings (SSSR count). The molecular weight excluding hydrogens is 255 g/mol. The fraction of sp³-hybridized carbons (Fsp3) is 0.500. The lowest BCUT2D eigenvalue weighted by Crippen LogP contribution is -2.30. The van der Waals surface area contributed by atoms with Crippen LogP contribution in [0.4, 0.5) is 4.39 Å². The summed E-state index contributed by atoms with van der Waals surface area (Å²) >= 11 is 0. The molecule has 1 N–H and O–H groups in total. The molecule has 4 heteroatoms. The van der Waals surface area contributed by atoms with Gasteiger partial charge in [-0.2, -0.15) is 5.10 Å². The van der Waals surface area contributed by atoms with Gasteiger partial charge in [-0.05, 0) is 42.7 Å². The highest BCUT2D eigenvalue weighted by atomic mass is 19.1. The second-order valence-corrected chi connectivity index (χ2v) is 6.45. The van der Waals surface area contributed by atoms with Gasteiger partial charge in [-0.3, -0.25) is 4.79 Å². The molecule has 0 aliphatic heterocycles. The number of benzene rings is 1. The third-order valence-corrected chi connectivity index (χ3v) is 3.60. The fourth-order valence-electron chi connectivity index (χ4n) is 3.04. The summed E-state index contributed by atoms with van der Waals surface area (Å²) < 4.78 is 13.5. The van der Waals surface area contributed by atoms with Crippen LogP contribution in [-0.2, 0) is 0 Å². The van der Waals surface area contributed by atoms with E-state index in [1.54, 1.807) is 12.1 Å². The lowest BCUT2D eigenvalue weighted by molar-refractivity contribution is 0.0950. The fourth-order valence-corrected chi connectivity index (χ4v) is 3.04. The number of halogens is 1. The topological polar surface area (TPSA) is 41.5 Å². The van der Waals surface area contributed by atoms with Crippen LogP contribution in [0.25, 0.3) is 0 Å². The van der Waals surface area contributed by atoms with Gasteiger partial charge in [0.25, 0.3) is 5.91 Å². The van der Waals surface area contributed by atoms with Gasteiger partial charge in [0, 0.05) is 5.71 Å². The standard InChI is InChI=1S/C16H21FN2O/c1-11-8-12(10-16(2,3)9-11)18-19-15(20)13-6-4-5-7-14(13)17/h4-7,11H,8-10H2,1-3H3,(H,19,20)/b18-12-/t11-/m0/s1. The predicted octanol–water partition coefficient (Wildman–Crippen LogP) is 3.76. The second kappa shape index (κ2) is 5.73. The van der Waals surface area contributed by atoms with E-state index in [-0.39, 0.29) is 11.0 Å². The number of hydrogen-bond donors (Lipinski definition) is 1. The van der Waals surface area contributed by atoms with Gasteiger partial charge in [0.05, 0.1) is 5.56 Å². The molecule has 1 aliphatic rings. The van der Waals surface area contributed by atoms with Gasteiger partial charge in [0.15, 0.2) is 0 Å². The van der Waals surface area contributed by atoms with E-state index in [1.165, 1.54) is 12.1 Å². The number of hydrazone groups is 1. The average Bonchev–Trinajstić information content (AvgIpc) is 2.34. The van der Waals surface area contributed by atoms with E-state index >= 15 is 0 Å². The monoisotopic (exact) mass is 276 g/mol. The molecule has 20 heavy (non-hydrogen) atoms. The van der Waals surface area contributed by atoms with Crippen molar-refractivity contribution in [1.29, 1.82) is 0 Å². The van der Waals surface area contributed by atoms with Crippen LogP contribution in [0.2, 0.25) is 0 Å². The Kier molecular flexibility index (Phi) is 4.21. The first-order valence-corrected chi connectivity index (χ1v) is 6.98. The first-order valence-electron chi connectivity index (χ1n) is 6.98. The largest absolute Gasteiger partial charge is 0.274 e. The summed E-state index contributed by atoms with van der Waals surface area (Å²) in [7, 11) is 0. The van der Waals surface area contributed by atoms with Crippen molar-refractivity contribution in [2.45, 2.75) is 40.0 Å². The molecule has 0 heterocycles. The van der Waals surface area contributed by atoms with E-state index in [9.17, 15) is 9.18 Å². The molecule has 0 radical (unpaired) electrons. The van der Waals surface area contributed by atoms with Crippen LogP contribution < -0.4 is 5.43 Å². The summed E-state index contributed by atoms with van der Waals surface area (Å²) in [6, 6.07) is 5.92. The molecule has 108 valence electrons. The normalized spacial score (nSPS) is 23.6. The average molecular weight is 276 g/mol. The number of hydrogen-bond acceptors (Lipinski definition) is 2. The van der Waals surface area contributed by atoms with Gasteiger partial charge < -0.3 is 0 Å². The maximum absolute atomic E-state index is 13.5. The molecule has 1 amide bonds. The lowest BCUT2D eigenvalue weighted by atomic mass is 9.72. The third-order valence-electron chi connectivity index (χ3n) is 3.60. The van der Waals surface area contributed by atoms with Crippen molar-refractivity contribution >= 4 is 11.6 Å². The Morgan fingerprint density at radius 1 is 1.40 bits per heavy atom. The zero-order valence-corrected chi connectivity index (χ0v) is 12.2. The first kappa shape index (κ1) is 14.7. The molecule has 1 fully saturated rings. The summed E-state index contributed by atoms with van der Waals surface area (Å²) in [5.41, 5.74) is 3.70. The van der Waals surface area contributed by atoms with Crippen molar-refractivity contribution in [2.75, 3.05) is 0 Å². The summed E-state index contributed by atoms with van der Waals surface area (Å²) in [5.74, 6) is -0.461. The Hall–Kier alpha value is -1.71. The SMILES string of the molecule is C[C@H]1C/C(=N/NC(=O)c2ccccc2F)CC(C)(C)C1. The van der Waals surface area contributed by atoms with Gasteiger partial charge in [-0.15, -0.1) is 0 Å². The van der Waals surface area contributed by atoms with Crippen LogP contribution in [0.5, 0.6) is 0 Å². The summed E-state index contributed by atoms with van der Waals surface area (Å²) in [4.78, 5) is 11.9. The van der Waals surface area contributed by atoms with Crippen molar-refractivity contribution in [3.63, 3.8) is 0 Å². The third kappa shape index (κ3) is 3.65. The molecule has 0 unspecified atom stereocenters. The van der Waals surface area contributed by atoms with Gasteiger partial charge in [-0.25, -0.2) is 9.82 Å². The molecule has 1 atom stereocenters. The Morgan fingerprint density at radius 3 is 2.75 bits per heavy atom. The zero-order chi connectivity index (χ0) is 14.8. The summed E-state index contributed by atoms with van der Waals surface area (Å²) in [5, 5.41) is 4.20. The van der Waals surface area contributed by atoms with Gasteiger partial charge in [0.2, 0.25) is 0 Å². The maximum atomic E-state index is 13.5. The molecule has 1 saturated carbocycles. The summed E-state index contributed by atoms with van der Waals surface area (Å²) in [6.45, 7) is 6.60. The van der Waals surface area contributed by atoms with Crippen LogP contribution in [-0.4, -0.2) is 11.6 Å². The van der Waals surface area contributed by atoms with E-state index in [2.05, 4.69) is 31.3 Å². The Balaban J connectivity index is 2.06. The van der Waals surface area contributed by atoms with Crippen LogP contribution >= 0.6 is 0 Å². The molecule has 0 bridgehead atoms. The highest BCUT2D eigenvalue weighted by molar-refractivity contribution is 5.95. The zero-order valence-electron chi connectivity index (χ0n) is 12.2. The lowest BCUT2D eigenvalue weighted by Gasteiger charge is -2.34. The van der Waals surface area contributed by atoms with Crippen molar-refractivity contribution < 1.29 is 9.18 Å². The van der Waals surface area contributed by atoms with Crippen molar-refractivity contribution in [3.8, 4) is 0 Å². The van der Waals surface area contributed by atoms with Crippen molar-refractivity contribution in [3.05, 3.63) is 35.6 Å². The smallest absolute Gasteiger partial charge is 0.267 e. The number of carbonyl (C=O) groups excluding carboxylic acids is 1. The Morgan fingerprint density at radius 2 is 2.10 bits per heavy atom. The van der Waals surface area contributed by atoms with E-state index in [1.807, 2.05) is 0 Å². The number of nitrogens with one attached hydrogen (secondary N) is 1. The molecule has 1 aromatic rings. The predicted molar refractivity (Wildman–Crippen MR) is 78.1 cm³/mol. The van der Waals surface area contributed by atoms with Crippen LogP contribution in [0.3, 0.4) is 0 Å². The van der Waals surface area contributed by atoms with Gasteiger partial charge >= 0.3 is 0 Å². The Bertz CT molecular complexity index is 537. The van der Waals surface area contributed by atoms with Gasteiger partial charge in [-0.1, -0.05) is 32.9 Å². The highest BCUT2D eigenvalue weighted by Gasteiger charge is 2.29. The molecule has 0 spiro atoms. The Labute approximate surface area is 119 Å². The number of rotatable bonds is 2. The molecular formula is C16H21FN2O. The van der Waals surface area contributed by atoms with Crippen molar-refractivity contribution in [2.24, 2.45) is 16.4 Å². The minimum atomic E-state index is -0.525. The van der Waals surface area contributed by atoms with Crippen LogP contribution in [0.15, 0.2) is 29.4 Å². The molecule has 0 saturated heterocycles. The van der Waals surface area contributed by atoms with E-state index in [4.69, 9.17) is 0 Å². The number of nitrogens with zero attached hydrogens (tertiary/aromatic N) is 1. The molecule has 0 aromatic heterocycles. The molecule has 1 aromatic carbocycles. The summed E-state index contributed by atoms with van der Waals surface area (Å²) in [6.07, 6.45) is 2.92. The van der Waals surface area contributed by atoms with Crippen LogP contribution in [0, 0.1) is 17.2 Å².